The Morgan fingerprint density at radius 1 is 1.23 bits per heavy atom. The summed E-state index contributed by atoms with van der Waals surface area (Å²) in [5, 5.41) is 5.88. The maximum absolute atomic E-state index is 12.7. The topological polar surface area (TPSA) is 83.6 Å². The van der Waals surface area contributed by atoms with Crippen LogP contribution in [0.5, 0.6) is 5.75 Å². The monoisotopic (exact) mass is 452 g/mol. The van der Waals surface area contributed by atoms with E-state index < -0.39 is 12.7 Å². The van der Waals surface area contributed by atoms with Crippen molar-refractivity contribution < 1.29 is 23.1 Å². The molecule has 2 unspecified atom stereocenters. The molecule has 0 saturated carbocycles. The van der Waals surface area contributed by atoms with Crippen LogP contribution < -0.4 is 15.4 Å². The van der Waals surface area contributed by atoms with Gasteiger partial charge in [0.15, 0.2) is 0 Å². The Morgan fingerprint density at radius 2 is 2.00 bits per heavy atom. The zero-order valence-corrected chi connectivity index (χ0v) is 17.6. The number of hydrogen-bond acceptors (Lipinski definition) is 5. The molecule has 2 amide bonds. The number of likely N-dealkylation sites (tertiary alicyclic amines) is 1. The van der Waals surface area contributed by atoms with Gasteiger partial charge in [-0.2, -0.15) is 8.78 Å². The molecule has 1 aromatic heterocycles. The maximum atomic E-state index is 12.7. The van der Waals surface area contributed by atoms with Gasteiger partial charge in [0.2, 0.25) is 11.8 Å². The highest BCUT2D eigenvalue weighted by molar-refractivity contribution is 6.30. The number of ether oxygens (including phenoxy) is 1. The predicted molar refractivity (Wildman–Crippen MR) is 113 cm³/mol. The highest BCUT2D eigenvalue weighted by Gasteiger charge is 2.31. The molecule has 31 heavy (non-hydrogen) atoms. The Labute approximate surface area is 183 Å². The summed E-state index contributed by atoms with van der Waals surface area (Å²) in [5.41, 5.74) is 0.166. The highest BCUT2D eigenvalue weighted by atomic mass is 35.5. The molecule has 1 saturated heterocycles. The van der Waals surface area contributed by atoms with Gasteiger partial charge < -0.3 is 15.4 Å². The number of aromatic nitrogens is 1. The van der Waals surface area contributed by atoms with E-state index in [9.17, 15) is 18.4 Å². The molecule has 3 rings (SSSR count). The molecule has 1 fully saturated rings. The minimum atomic E-state index is -2.99. The van der Waals surface area contributed by atoms with Crippen LogP contribution in [0.15, 0.2) is 42.6 Å². The summed E-state index contributed by atoms with van der Waals surface area (Å²) in [7, 11) is 0. The Morgan fingerprint density at radius 3 is 2.71 bits per heavy atom. The van der Waals surface area contributed by atoms with E-state index >= 15 is 0 Å². The van der Waals surface area contributed by atoms with Crippen LogP contribution in [0.25, 0.3) is 0 Å². The first-order chi connectivity index (χ1) is 14.8. The van der Waals surface area contributed by atoms with Crippen molar-refractivity contribution in [2.75, 3.05) is 23.7 Å². The Kier molecular flexibility index (Phi) is 7.75. The number of piperidine rings is 1. The lowest BCUT2D eigenvalue weighted by molar-refractivity contribution is -0.125. The van der Waals surface area contributed by atoms with E-state index in [1.807, 2.05) is 4.90 Å². The highest BCUT2D eigenvalue weighted by Crippen LogP contribution is 2.26. The zero-order valence-electron chi connectivity index (χ0n) is 16.9. The van der Waals surface area contributed by atoms with Crippen molar-refractivity contribution in [3.63, 3.8) is 0 Å². The molecule has 10 heteroatoms. The summed E-state index contributed by atoms with van der Waals surface area (Å²) in [5.74, 6) is -0.554. The molecule has 2 atom stereocenters. The van der Waals surface area contributed by atoms with Gasteiger partial charge in [0.05, 0.1) is 22.7 Å². The van der Waals surface area contributed by atoms with Gasteiger partial charge >= 0.3 is 6.61 Å². The van der Waals surface area contributed by atoms with Gasteiger partial charge in [-0.15, -0.1) is 0 Å². The lowest BCUT2D eigenvalue weighted by Crippen LogP contribution is -2.49. The minimum Gasteiger partial charge on any atom is -0.433 e. The van der Waals surface area contributed by atoms with E-state index in [0.29, 0.717) is 30.4 Å². The van der Waals surface area contributed by atoms with Crippen molar-refractivity contribution in [3.8, 4) is 5.75 Å². The Hall–Kier alpha value is -2.78. The predicted octanol–water partition coefficient (Wildman–Crippen LogP) is 4.01. The van der Waals surface area contributed by atoms with Crippen LogP contribution in [0.2, 0.25) is 5.02 Å². The van der Waals surface area contributed by atoms with Gasteiger partial charge in [-0.05, 0) is 50.6 Å². The average molecular weight is 453 g/mol. The fraction of sp³-hybridized carbons (Fsp3) is 0.381. The second-order valence-electron chi connectivity index (χ2n) is 7.22. The van der Waals surface area contributed by atoms with Crippen molar-refractivity contribution >= 4 is 34.9 Å². The van der Waals surface area contributed by atoms with Crippen LogP contribution in [-0.4, -0.2) is 47.4 Å². The Bertz CT molecular complexity index is 914. The molecule has 2 aromatic rings. The number of hydrogen-bond donors (Lipinski definition) is 2. The van der Waals surface area contributed by atoms with Gasteiger partial charge in [0, 0.05) is 12.7 Å². The number of nitrogens with zero attached hydrogens (tertiary/aromatic N) is 2. The average Bonchev–Trinajstić information content (AvgIpc) is 2.76. The molecular formula is C21H23ClF2N4O3. The summed E-state index contributed by atoms with van der Waals surface area (Å²) in [6, 6.07) is 8.70. The number of amides is 2. The molecule has 7 nitrogen and oxygen atoms in total. The zero-order chi connectivity index (χ0) is 22.4. The molecule has 1 aliphatic rings. The third kappa shape index (κ3) is 6.35. The minimum absolute atomic E-state index is 0.107. The maximum Gasteiger partial charge on any atom is 0.387 e. The van der Waals surface area contributed by atoms with Gasteiger partial charge in [-0.3, -0.25) is 14.5 Å². The van der Waals surface area contributed by atoms with Crippen LogP contribution in [-0.2, 0) is 9.59 Å². The smallest absolute Gasteiger partial charge is 0.387 e. The molecule has 0 bridgehead atoms. The number of nitrogens with one attached hydrogen (secondary N) is 2. The summed E-state index contributed by atoms with van der Waals surface area (Å²) >= 11 is 5.81. The van der Waals surface area contributed by atoms with Crippen LogP contribution in [0.3, 0.4) is 0 Å². The normalized spacial score (nSPS) is 17.8. The molecule has 0 spiro atoms. The largest absolute Gasteiger partial charge is 0.433 e. The van der Waals surface area contributed by atoms with Gasteiger partial charge in [-0.1, -0.05) is 23.7 Å². The lowest BCUT2D eigenvalue weighted by Gasteiger charge is -2.35. The van der Waals surface area contributed by atoms with Crippen molar-refractivity contribution in [3.05, 3.63) is 47.6 Å². The fourth-order valence-electron chi connectivity index (χ4n) is 3.42. The number of rotatable bonds is 7. The number of pyridine rings is 1. The number of benzene rings is 1. The number of carbonyl (C=O) groups is 2. The van der Waals surface area contributed by atoms with Gasteiger partial charge in [-0.25, -0.2) is 4.98 Å². The first-order valence-corrected chi connectivity index (χ1v) is 10.2. The van der Waals surface area contributed by atoms with E-state index in [4.69, 9.17) is 11.6 Å². The molecular weight excluding hydrogens is 430 g/mol. The third-order valence-electron chi connectivity index (χ3n) is 5.09. The van der Waals surface area contributed by atoms with Crippen LogP contribution >= 0.6 is 11.6 Å². The van der Waals surface area contributed by atoms with Gasteiger partial charge in [0.25, 0.3) is 0 Å². The molecule has 0 radical (unpaired) electrons. The quantitative estimate of drug-likeness (QED) is 0.663. The second-order valence-corrected chi connectivity index (χ2v) is 7.66. The van der Waals surface area contributed by atoms with Crippen LogP contribution in [0.1, 0.15) is 19.8 Å². The summed E-state index contributed by atoms with van der Waals surface area (Å²) in [6.07, 6.45) is 2.89. The molecule has 1 aliphatic heterocycles. The number of halogens is 3. The van der Waals surface area contributed by atoms with Gasteiger partial charge in [0.1, 0.15) is 11.6 Å². The molecule has 1 aromatic carbocycles. The van der Waals surface area contributed by atoms with Crippen molar-refractivity contribution in [1.82, 2.24) is 9.88 Å². The fourth-order valence-corrected chi connectivity index (χ4v) is 3.53. The first-order valence-electron chi connectivity index (χ1n) is 9.84. The van der Waals surface area contributed by atoms with E-state index in [1.165, 1.54) is 18.3 Å². The number of anilines is 2. The number of alkyl halides is 2. The number of carbonyl (C=O) groups excluding carboxylic acids is 2. The molecule has 166 valence electrons. The number of para-hydroxylation sites is 2. The molecule has 2 heterocycles. The van der Waals surface area contributed by atoms with E-state index in [-0.39, 0.29) is 29.2 Å². The van der Waals surface area contributed by atoms with Crippen molar-refractivity contribution in [1.29, 1.82) is 0 Å². The van der Waals surface area contributed by atoms with Crippen LogP contribution in [0.4, 0.5) is 20.3 Å². The SMILES string of the molecule is CC(C(=O)Nc1ccccc1OC(F)F)N1CCCC(C(=O)Nc2ccc(Cl)cn2)C1. The summed E-state index contributed by atoms with van der Waals surface area (Å²) in [4.78, 5) is 31.3. The second kappa shape index (κ2) is 10.5. The molecule has 2 N–H and O–H groups in total. The van der Waals surface area contributed by atoms with Crippen molar-refractivity contribution in [2.45, 2.75) is 32.4 Å². The first kappa shape index (κ1) is 22.9. The standard InChI is InChI=1S/C21H23ClF2N4O3/c1-13(19(29)26-16-6-2-3-7-17(16)31-21(23)24)28-10-4-5-14(12-28)20(30)27-18-9-8-15(22)11-25-18/h2-3,6-9,11,13-14,21H,4-5,10,12H2,1H3,(H,26,29)(H,25,27,30). The van der Waals surface area contributed by atoms with E-state index in [1.54, 1.807) is 31.2 Å². The lowest BCUT2D eigenvalue weighted by atomic mass is 9.96. The van der Waals surface area contributed by atoms with E-state index in [2.05, 4.69) is 20.4 Å². The van der Waals surface area contributed by atoms with Crippen molar-refractivity contribution in [2.24, 2.45) is 5.92 Å². The summed E-state index contributed by atoms with van der Waals surface area (Å²) < 4.78 is 29.6. The molecule has 0 aliphatic carbocycles. The van der Waals surface area contributed by atoms with E-state index in [0.717, 1.165) is 6.42 Å². The summed E-state index contributed by atoms with van der Waals surface area (Å²) in [6.45, 7) is -0.241. The van der Waals surface area contributed by atoms with Crippen LogP contribution in [0, 0.1) is 5.92 Å². The Balaban J connectivity index is 1.60. The third-order valence-corrected chi connectivity index (χ3v) is 5.31.